The molecule has 0 aliphatic carbocycles. The molecule has 54 valence electrons. The molecule has 0 aliphatic rings. The van der Waals surface area contributed by atoms with Crippen LogP contribution in [0.25, 0.3) is 0 Å². The van der Waals surface area contributed by atoms with Crippen molar-refractivity contribution in [2.75, 3.05) is 0 Å². The van der Waals surface area contributed by atoms with Gasteiger partial charge >= 0.3 is 0 Å². The Kier molecular flexibility index (Phi) is 1.97. The predicted octanol–water partition coefficient (Wildman–Crippen LogP) is 0.805. The van der Waals surface area contributed by atoms with E-state index in [9.17, 15) is 0 Å². The molecule has 0 aromatic carbocycles. The lowest BCUT2D eigenvalue weighted by molar-refractivity contribution is 0.764. The van der Waals surface area contributed by atoms with E-state index in [-0.39, 0.29) is 6.04 Å². The van der Waals surface area contributed by atoms with Crippen LogP contribution in [0.5, 0.6) is 0 Å². The SMILES string of the molecule is Cc1cncnc1C(C)N. The second kappa shape index (κ2) is 2.75. The van der Waals surface area contributed by atoms with Gasteiger partial charge in [-0.1, -0.05) is 0 Å². The Balaban J connectivity index is 3.03. The molecule has 1 aromatic rings. The van der Waals surface area contributed by atoms with Crippen LogP contribution < -0.4 is 5.73 Å². The first-order valence-electron chi connectivity index (χ1n) is 3.24. The minimum absolute atomic E-state index is 0.00278. The van der Waals surface area contributed by atoms with Gasteiger partial charge in [0.15, 0.2) is 0 Å². The molecule has 10 heavy (non-hydrogen) atoms. The van der Waals surface area contributed by atoms with E-state index < -0.39 is 0 Å². The first-order valence-corrected chi connectivity index (χ1v) is 3.24. The van der Waals surface area contributed by atoms with E-state index in [1.54, 1.807) is 6.20 Å². The number of nitrogens with zero attached hydrogens (tertiary/aromatic N) is 2. The van der Waals surface area contributed by atoms with Crippen LogP contribution in [0.2, 0.25) is 0 Å². The van der Waals surface area contributed by atoms with Crippen LogP contribution in [0.15, 0.2) is 12.5 Å². The lowest BCUT2D eigenvalue weighted by Crippen LogP contribution is -2.09. The van der Waals surface area contributed by atoms with Crippen molar-refractivity contribution in [3.63, 3.8) is 0 Å². The van der Waals surface area contributed by atoms with Gasteiger partial charge in [0, 0.05) is 12.2 Å². The van der Waals surface area contributed by atoms with Gasteiger partial charge in [0.1, 0.15) is 6.33 Å². The molecule has 0 amide bonds. The Labute approximate surface area is 60.3 Å². The Morgan fingerprint density at radius 2 is 2.30 bits per heavy atom. The second-order valence-electron chi connectivity index (χ2n) is 2.38. The molecular formula is C7H11N3. The molecule has 0 spiro atoms. The number of hydrogen-bond donors (Lipinski definition) is 1. The fourth-order valence-electron chi connectivity index (χ4n) is 0.885. The van der Waals surface area contributed by atoms with E-state index in [0.717, 1.165) is 11.3 Å². The molecule has 3 heteroatoms. The molecule has 2 N–H and O–H groups in total. The summed E-state index contributed by atoms with van der Waals surface area (Å²) in [6, 6.07) is 0.00278. The molecule has 1 aromatic heterocycles. The van der Waals surface area contributed by atoms with Crippen molar-refractivity contribution >= 4 is 0 Å². The zero-order valence-corrected chi connectivity index (χ0v) is 6.20. The van der Waals surface area contributed by atoms with Crippen molar-refractivity contribution in [2.45, 2.75) is 19.9 Å². The molecule has 0 aliphatic heterocycles. The van der Waals surface area contributed by atoms with Crippen LogP contribution in [0.1, 0.15) is 24.2 Å². The minimum Gasteiger partial charge on any atom is -0.323 e. The van der Waals surface area contributed by atoms with E-state index in [1.165, 1.54) is 6.33 Å². The summed E-state index contributed by atoms with van der Waals surface area (Å²) in [6.45, 7) is 3.87. The van der Waals surface area contributed by atoms with Crippen molar-refractivity contribution in [1.29, 1.82) is 0 Å². The third-order valence-corrected chi connectivity index (χ3v) is 1.37. The van der Waals surface area contributed by atoms with Crippen molar-refractivity contribution < 1.29 is 0 Å². The summed E-state index contributed by atoms with van der Waals surface area (Å²) in [7, 11) is 0. The van der Waals surface area contributed by atoms with Crippen LogP contribution in [-0.2, 0) is 0 Å². The zero-order valence-electron chi connectivity index (χ0n) is 6.20. The standard InChI is InChI=1S/C7H11N3/c1-5-3-9-4-10-7(5)6(2)8/h3-4,6H,8H2,1-2H3. The molecule has 3 nitrogen and oxygen atoms in total. The monoisotopic (exact) mass is 137 g/mol. The number of rotatable bonds is 1. The highest BCUT2D eigenvalue weighted by Crippen LogP contribution is 2.08. The highest BCUT2D eigenvalue weighted by Gasteiger charge is 2.02. The van der Waals surface area contributed by atoms with Crippen molar-refractivity contribution in [3.05, 3.63) is 23.8 Å². The van der Waals surface area contributed by atoms with Gasteiger partial charge in [-0.3, -0.25) is 0 Å². The van der Waals surface area contributed by atoms with Gasteiger partial charge in [-0.2, -0.15) is 0 Å². The molecular weight excluding hydrogens is 126 g/mol. The average molecular weight is 137 g/mol. The lowest BCUT2D eigenvalue weighted by atomic mass is 10.1. The summed E-state index contributed by atoms with van der Waals surface area (Å²) in [6.07, 6.45) is 3.29. The molecule has 1 heterocycles. The van der Waals surface area contributed by atoms with E-state index in [0.29, 0.717) is 0 Å². The summed E-state index contributed by atoms with van der Waals surface area (Å²) in [5, 5.41) is 0. The Hall–Kier alpha value is -0.960. The smallest absolute Gasteiger partial charge is 0.115 e. The van der Waals surface area contributed by atoms with Gasteiger partial charge in [0.25, 0.3) is 0 Å². The highest BCUT2D eigenvalue weighted by molar-refractivity contribution is 5.16. The van der Waals surface area contributed by atoms with Crippen molar-refractivity contribution in [1.82, 2.24) is 9.97 Å². The highest BCUT2D eigenvalue weighted by atomic mass is 14.8. The summed E-state index contributed by atoms with van der Waals surface area (Å²) in [5.74, 6) is 0. The van der Waals surface area contributed by atoms with Crippen LogP contribution in [0.3, 0.4) is 0 Å². The van der Waals surface area contributed by atoms with Crippen LogP contribution in [0, 0.1) is 6.92 Å². The van der Waals surface area contributed by atoms with Gasteiger partial charge in [-0.25, -0.2) is 9.97 Å². The van der Waals surface area contributed by atoms with E-state index in [2.05, 4.69) is 9.97 Å². The summed E-state index contributed by atoms with van der Waals surface area (Å²) < 4.78 is 0. The minimum atomic E-state index is 0.00278. The van der Waals surface area contributed by atoms with Gasteiger partial charge in [0.2, 0.25) is 0 Å². The number of hydrogen-bond acceptors (Lipinski definition) is 3. The molecule has 0 saturated heterocycles. The summed E-state index contributed by atoms with van der Waals surface area (Å²) in [4.78, 5) is 7.90. The molecule has 0 bridgehead atoms. The lowest BCUT2D eigenvalue weighted by Gasteiger charge is -2.05. The maximum Gasteiger partial charge on any atom is 0.115 e. The maximum atomic E-state index is 5.62. The number of aryl methyl sites for hydroxylation is 1. The number of aromatic nitrogens is 2. The predicted molar refractivity (Wildman–Crippen MR) is 39.4 cm³/mol. The van der Waals surface area contributed by atoms with E-state index in [4.69, 9.17) is 5.73 Å². The largest absolute Gasteiger partial charge is 0.323 e. The first-order chi connectivity index (χ1) is 4.72. The second-order valence-corrected chi connectivity index (χ2v) is 2.38. The van der Waals surface area contributed by atoms with E-state index in [1.807, 2.05) is 13.8 Å². The fourth-order valence-corrected chi connectivity index (χ4v) is 0.885. The Morgan fingerprint density at radius 3 is 2.70 bits per heavy atom. The molecule has 0 fully saturated rings. The Morgan fingerprint density at radius 1 is 1.60 bits per heavy atom. The molecule has 1 rings (SSSR count). The molecule has 0 radical (unpaired) electrons. The van der Waals surface area contributed by atoms with Gasteiger partial charge in [-0.15, -0.1) is 0 Å². The molecule has 1 unspecified atom stereocenters. The summed E-state index contributed by atoms with van der Waals surface area (Å²) >= 11 is 0. The van der Waals surface area contributed by atoms with Crippen molar-refractivity contribution in [3.8, 4) is 0 Å². The van der Waals surface area contributed by atoms with Crippen molar-refractivity contribution in [2.24, 2.45) is 5.73 Å². The van der Waals surface area contributed by atoms with Crippen LogP contribution in [0.4, 0.5) is 0 Å². The van der Waals surface area contributed by atoms with E-state index >= 15 is 0 Å². The Bertz CT molecular complexity index is 220. The van der Waals surface area contributed by atoms with Gasteiger partial charge in [0.05, 0.1) is 5.69 Å². The average Bonchev–Trinajstić information content (AvgIpc) is 1.88. The fraction of sp³-hybridized carbons (Fsp3) is 0.429. The molecule has 0 saturated carbocycles. The van der Waals surface area contributed by atoms with Crippen LogP contribution >= 0.6 is 0 Å². The van der Waals surface area contributed by atoms with Gasteiger partial charge < -0.3 is 5.73 Å². The summed E-state index contributed by atoms with van der Waals surface area (Å²) in [5.41, 5.74) is 7.60. The normalized spacial score (nSPS) is 13.1. The third-order valence-electron chi connectivity index (χ3n) is 1.37. The quantitative estimate of drug-likeness (QED) is 0.623. The maximum absolute atomic E-state index is 5.62. The topological polar surface area (TPSA) is 51.8 Å². The first kappa shape index (κ1) is 7.15. The number of nitrogens with two attached hydrogens (primary N) is 1. The van der Waals surface area contributed by atoms with Gasteiger partial charge in [-0.05, 0) is 19.4 Å². The molecule has 1 atom stereocenters. The van der Waals surface area contributed by atoms with Crippen LogP contribution in [-0.4, -0.2) is 9.97 Å². The zero-order chi connectivity index (χ0) is 7.56. The third kappa shape index (κ3) is 1.30.